The van der Waals surface area contributed by atoms with Gasteiger partial charge < -0.3 is 11.1 Å². The van der Waals surface area contributed by atoms with Crippen LogP contribution in [-0.4, -0.2) is 18.5 Å². The Morgan fingerprint density at radius 2 is 2.25 bits per heavy atom. The molecule has 3 unspecified atom stereocenters. The molecule has 0 radical (unpaired) electrons. The molecule has 5 heteroatoms. The van der Waals surface area contributed by atoms with Gasteiger partial charge >= 0.3 is 0 Å². The quantitative estimate of drug-likeness (QED) is 0.877. The van der Waals surface area contributed by atoms with Crippen molar-refractivity contribution >= 4 is 17.5 Å². The van der Waals surface area contributed by atoms with Crippen molar-refractivity contribution < 1.29 is 9.18 Å². The predicted molar refractivity (Wildman–Crippen MR) is 76.0 cm³/mol. The second kappa shape index (κ2) is 5.34. The fourth-order valence-electron chi connectivity index (χ4n) is 2.83. The maximum Gasteiger partial charge on any atom is 0.224 e. The average molecular weight is 297 g/mol. The maximum absolute atomic E-state index is 13.8. The van der Waals surface area contributed by atoms with Gasteiger partial charge in [0.1, 0.15) is 5.82 Å². The first-order valence-electron chi connectivity index (χ1n) is 7.06. The lowest BCUT2D eigenvalue weighted by atomic mass is 10.1. The van der Waals surface area contributed by atoms with Crippen LogP contribution in [0.5, 0.6) is 0 Å². The molecular weight excluding hydrogens is 279 g/mol. The maximum atomic E-state index is 13.8. The van der Waals surface area contributed by atoms with E-state index in [0.29, 0.717) is 29.5 Å². The Labute approximate surface area is 122 Å². The Kier molecular flexibility index (Phi) is 3.69. The molecule has 1 aromatic rings. The van der Waals surface area contributed by atoms with Gasteiger partial charge in [0, 0.05) is 35.0 Å². The molecule has 0 heterocycles. The summed E-state index contributed by atoms with van der Waals surface area (Å²) in [7, 11) is 0. The van der Waals surface area contributed by atoms with Crippen molar-refractivity contribution in [3.05, 3.63) is 34.6 Å². The number of benzene rings is 1. The molecule has 0 aromatic heterocycles. The van der Waals surface area contributed by atoms with Gasteiger partial charge in [0.2, 0.25) is 5.91 Å². The molecule has 2 fully saturated rings. The summed E-state index contributed by atoms with van der Waals surface area (Å²) < 4.78 is 13.8. The van der Waals surface area contributed by atoms with E-state index in [1.807, 2.05) is 0 Å². The number of amides is 1. The van der Waals surface area contributed by atoms with Gasteiger partial charge in [-0.1, -0.05) is 17.7 Å². The van der Waals surface area contributed by atoms with Crippen molar-refractivity contribution in [3.63, 3.8) is 0 Å². The van der Waals surface area contributed by atoms with Gasteiger partial charge in [-0.15, -0.1) is 0 Å². The highest BCUT2D eigenvalue weighted by Crippen LogP contribution is 2.50. The van der Waals surface area contributed by atoms with E-state index < -0.39 is 0 Å². The van der Waals surface area contributed by atoms with Gasteiger partial charge in [0.05, 0.1) is 0 Å². The Balaban J connectivity index is 1.65. The van der Waals surface area contributed by atoms with Gasteiger partial charge in [-0.05, 0) is 37.3 Å². The van der Waals surface area contributed by atoms with E-state index in [0.717, 1.165) is 12.8 Å². The number of hydrogen-bond donors (Lipinski definition) is 2. The first-order valence-corrected chi connectivity index (χ1v) is 7.44. The summed E-state index contributed by atoms with van der Waals surface area (Å²) in [6.07, 6.45) is 2.93. The minimum Gasteiger partial charge on any atom is -0.352 e. The van der Waals surface area contributed by atoms with Crippen LogP contribution in [0.4, 0.5) is 4.39 Å². The minimum absolute atomic E-state index is 0.0170. The number of nitrogens with two attached hydrogens (primary N) is 1. The lowest BCUT2D eigenvalue weighted by molar-refractivity contribution is -0.123. The Morgan fingerprint density at radius 3 is 2.85 bits per heavy atom. The molecule has 1 amide bonds. The van der Waals surface area contributed by atoms with Crippen molar-refractivity contribution in [2.45, 2.75) is 31.2 Å². The molecule has 108 valence electrons. The highest BCUT2D eigenvalue weighted by Gasteiger charge is 2.47. The number of carbonyl (C=O) groups is 1. The minimum atomic E-state index is -0.324. The summed E-state index contributed by atoms with van der Waals surface area (Å²) >= 11 is 6.04. The normalized spacial score (nSPS) is 26.1. The third-order valence-electron chi connectivity index (χ3n) is 4.27. The van der Waals surface area contributed by atoms with E-state index in [4.69, 9.17) is 17.3 Å². The molecule has 0 saturated heterocycles. The zero-order chi connectivity index (χ0) is 14.3. The Hall–Kier alpha value is -1.13. The monoisotopic (exact) mass is 296 g/mol. The summed E-state index contributed by atoms with van der Waals surface area (Å²) in [6.45, 7) is 0.467. The zero-order valence-electron chi connectivity index (χ0n) is 11.1. The van der Waals surface area contributed by atoms with Crippen LogP contribution in [0.15, 0.2) is 18.2 Å². The van der Waals surface area contributed by atoms with Gasteiger partial charge in [0.25, 0.3) is 0 Å². The van der Waals surface area contributed by atoms with Crippen LogP contribution in [0.1, 0.15) is 30.7 Å². The molecule has 2 aliphatic carbocycles. The van der Waals surface area contributed by atoms with Crippen LogP contribution in [0.2, 0.25) is 5.02 Å². The van der Waals surface area contributed by atoms with Crippen LogP contribution in [0.3, 0.4) is 0 Å². The lowest BCUT2D eigenvalue weighted by Gasteiger charge is -2.16. The number of halogens is 2. The van der Waals surface area contributed by atoms with Crippen molar-refractivity contribution in [3.8, 4) is 0 Å². The molecular formula is C15H18ClFN2O. The Bertz CT molecular complexity index is 512. The third-order valence-corrected chi connectivity index (χ3v) is 4.60. The molecule has 3 nitrogen and oxygen atoms in total. The van der Waals surface area contributed by atoms with Gasteiger partial charge in [-0.2, -0.15) is 0 Å². The van der Waals surface area contributed by atoms with Gasteiger partial charge in [-0.25, -0.2) is 4.39 Å². The first kappa shape index (κ1) is 13.8. The van der Waals surface area contributed by atoms with E-state index >= 15 is 0 Å². The second-order valence-corrected chi connectivity index (χ2v) is 6.18. The van der Waals surface area contributed by atoms with E-state index in [-0.39, 0.29) is 29.6 Å². The average Bonchev–Trinajstić information content (AvgIpc) is 3.27. The molecule has 2 saturated carbocycles. The van der Waals surface area contributed by atoms with E-state index in [1.54, 1.807) is 12.1 Å². The van der Waals surface area contributed by atoms with Crippen LogP contribution < -0.4 is 11.1 Å². The number of nitrogens with one attached hydrogen (secondary N) is 1. The molecule has 0 aliphatic heterocycles. The molecule has 20 heavy (non-hydrogen) atoms. The highest BCUT2D eigenvalue weighted by atomic mass is 35.5. The second-order valence-electron chi connectivity index (χ2n) is 5.77. The smallest absolute Gasteiger partial charge is 0.224 e. The van der Waals surface area contributed by atoms with Gasteiger partial charge in [0.15, 0.2) is 0 Å². The lowest BCUT2D eigenvalue weighted by Crippen LogP contribution is -2.42. The summed E-state index contributed by atoms with van der Waals surface area (Å²) in [5, 5.41) is 3.41. The number of carbonyl (C=O) groups excluding carboxylic acids is 1. The topological polar surface area (TPSA) is 55.1 Å². The largest absolute Gasteiger partial charge is 0.352 e. The van der Waals surface area contributed by atoms with Crippen LogP contribution in [0, 0.1) is 17.7 Å². The predicted octanol–water partition coefficient (Wildman–Crippen LogP) is 2.44. The highest BCUT2D eigenvalue weighted by molar-refractivity contribution is 6.31. The zero-order valence-corrected chi connectivity index (χ0v) is 11.9. The summed E-state index contributed by atoms with van der Waals surface area (Å²) in [5.41, 5.74) is 6.16. The summed E-state index contributed by atoms with van der Waals surface area (Å²) in [5.74, 6) is -0.0798. The van der Waals surface area contributed by atoms with Crippen molar-refractivity contribution in [2.75, 3.05) is 6.54 Å². The van der Waals surface area contributed by atoms with E-state index in [9.17, 15) is 9.18 Å². The number of hydrogen-bond acceptors (Lipinski definition) is 2. The van der Waals surface area contributed by atoms with Gasteiger partial charge in [-0.3, -0.25) is 4.79 Å². The molecule has 1 aromatic carbocycles. The van der Waals surface area contributed by atoms with Crippen molar-refractivity contribution in [1.82, 2.24) is 5.32 Å². The van der Waals surface area contributed by atoms with Crippen LogP contribution in [-0.2, 0) is 4.79 Å². The SMILES string of the molecule is NCC(NC(=O)C1CC1c1c(F)cccc1Cl)C1CC1. The van der Waals surface area contributed by atoms with E-state index in [2.05, 4.69) is 5.32 Å². The fourth-order valence-corrected chi connectivity index (χ4v) is 3.13. The molecule has 0 bridgehead atoms. The molecule has 3 rings (SSSR count). The number of rotatable bonds is 5. The third kappa shape index (κ3) is 2.67. The molecule has 3 atom stereocenters. The summed E-state index contributed by atoms with van der Waals surface area (Å²) in [4.78, 5) is 12.2. The first-order chi connectivity index (χ1) is 9.61. The molecule has 0 spiro atoms. The van der Waals surface area contributed by atoms with Crippen LogP contribution in [0.25, 0.3) is 0 Å². The molecule has 2 aliphatic rings. The standard InChI is InChI=1S/C15H18ClFN2O/c16-11-2-1-3-12(17)14(11)9-6-10(9)15(20)19-13(7-18)8-4-5-8/h1-3,8-10,13H,4-7,18H2,(H,19,20). The van der Waals surface area contributed by atoms with Crippen molar-refractivity contribution in [1.29, 1.82) is 0 Å². The Morgan fingerprint density at radius 1 is 1.50 bits per heavy atom. The fraction of sp³-hybridized carbons (Fsp3) is 0.533. The van der Waals surface area contributed by atoms with Crippen LogP contribution >= 0.6 is 11.6 Å². The van der Waals surface area contributed by atoms with E-state index in [1.165, 1.54) is 6.07 Å². The van der Waals surface area contributed by atoms with Crippen molar-refractivity contribution in [2.24, 2.45) is 17.6 Å². The summed E-state index contributed by atoms with van der Waals surface area (Å²) in [6, 6.07) is 4.71. The molecule has 3 N–H and O–H groups in total.